The third kappa shape index (κ3) is 6.39. The van der Waals surface area contributed by atoms with Crippen molar-refractivity contribution in [3.8, 4) is 0 Å². The minimum absolute atomic E-state index is 0.196. The van der Waals surface area contributed by atoms with Gasteiger partial charge in [0.1, 0.15) is 12.6 Å². The summed E-state index contributed by atoms with van der Waals surface area (Å²) in [6.45, 7) is 5.87. The zero-order valence-corrected chi connectivity index (χ0v) is 21.5. The third-order valence-corrected chi connectivity index (χ3v) is 7.05. The smallest absolute Gasteiger partial charge is 0.244 e. The Morgan fingerprint density at radius 3 is 2.23 bits per heavy atom. The minimum Gasteiger partial charge on any atom is -0.355 e. The molecular weight excluding hydrogens is 462 g/mol. The SMILES string of the molecule is CCNC(=O)[C@@H](CC)N(Cc1ccc(C)cc1)C(=O)CN(c1cccc2ccccc12)S(C)(=O)=O. The highest BCUT2D eigenvalue weighted by Gasteiger charge is 2.31. The number of rotatable bonds is 10. The number of hydrogen-bond donors (Lipinski definition) is 1. The Balaban J connectivity index is 2.02. The third-order valence-electron chi connectivity index (χ3n) is 5.92. The van der Waals surface area contributed by atoms with Gasteiger partial charge in [0.25, 0.3) is 0 Å². The van der Waals surface area contributed by atoms with E-state index in [0.717, 1.165) is 32.5 Å². The minimum atomic E-state index is -3.79. The fraction of sp³-hybridized carbons (Fsp3) is 0.333. The first-order valence-electron chi connectivity index (χ1n) is 11.7. The summed E-state index contributed by atoms with van der Waals surface area (Å²) >= 11 is 0. The van der Waals surface area contributed by atoms with E-state index in [1.54, 1.807) is 12.1 Å². The van der Waals surface area contributed by atoms with Crippen molar-refractivity contribution in [2.75, 3.05) is 23.7 Å². The Hall–Kier alpha value is -3.39. The molecule has 0 unspecified atom stereocenters. The lowest BCUT2D eigenvalue weighted by Gasteiger charge is -2.33. The first kappa shape index (κ1) is 26.2. The summed E-state index contributed by atoms with van der Waals surface area (Å²) in [6, 6.07) is 19.8. The monoisotopic (exact) mass is 495 g/mol. The van der Waals surface area contributed by atoms with E-state index in [9.17, 15) is 18.0 Å². The highest BCUT2D eigenvalue weighted by atomic mass is 32.2. The van der Waals surface area contributed by atoms with Crippen molar-refractivity contribution in [3.05, 3.63) is 77.9 Å². The lowest BCUT2D eigenvalue weighted by atomic mass is 10.1. The number of carbonyl (C=O) groups excluding carboxylic acids is 2. The van der Waals surface area contributed by atoms with Crippen LogP contribution in [-0.4, -0.2) is 50.5 Å². The maximum Gasteiger partial charge on any atom is 0.244 e. The molecule has 3 aromatic carbocycles. The molecule has 0 fully saturated rings. The molecule has 0 spiro atoms. The molecular formula is C27H33N3O4S. The molecule has 0 aliphatic carbocycles. The number of fused-ring (bicyclic) bond motifs is 1. The van der Waals surface area contributed by atoms with E-state index in [2.05, 4.69) is 5.32 Å². The molecule has 3 rings (SSSR count). The van der Waals surface area contributed by atoms with Crippen LogP contribution in [0.4, 0.5) is 5.69 Å². The molecule has 2 amide bonds. The zero-order chi connectivity index (χ0) is 25.6. The van der Waals surface area contributed by atoms with Gasteiger partial charge in [0.2, 0.25) is 21.8 Å². The van der Waals surface area contributed by atoms with Gasteiger partial charge in [0.15, 0.2) is 0 Å². The van der Waals surface area contributed by atoms with Crippen LogP contribution in [0.3, 0.4) is 0 Å². The van der Waals surface area contributed by atoms with E-state index in [-0.39, 0.29) is 12.5 Å². The fourth-order valence-corrected chi connectivity index (χ4v) is 4.98. The second-order valence-electron chi connectivity index (χ2n) is 8.59. The van der Waals surface area contributed by atoms with Crippen molar-refractivity contribution in [1.82, 2.24) is 10.2 Å². The molecule has 0 bridgehead atoms. The van der Waals surface area contributed by atoms with Gasteiger partial charge in [0, 0.05) is 18.5 Å². The normalized spacial score (nSPS) is 12.2. The molecule has 0 saturated carbocycles. The number of hydrogen-bond acceptors (Lipinski definition) is 4. The Morgan fingerprint density at radius 1 is 0.943 bits per heavy atom. The van der Waals surface area contributed by atoms with Gasteiger partial charge in [-0.2, -0.15) is 0 Å². The van der Waals surface area contributed by atoms with Crippen molar-refractivity contribution < 1.29 is 18.0 Å². The summed E-state index contributed by atoms with van der Waals surface area (Å²) < 4.78 is 26.9. The van der Waals surface area contributed by atoms with Gasteiger partial charge in [-0.05, 0) is 37.3 Å². The van der Waals surface area contributed by atoms with E-state index in [1.165, 1.54) is 4.90 Å². The van der Waals surface area contributed by atoms with Gasteiger partial charge in [-0.3, -0.25) is 13.9 Å². The van der Waals surface area contributed by atoms with Gasteiger partial charge >= 0.3 is 0 Å². The van der Waals surface area contributed by atoms with E-state index in [0.29, 0.717) is 18.7 Å². The van der Waals surface area contributed by atoms with Crippen LogP contribution in [0.5, 0.6) is 0 Å². The van der Waals surface area contributed by atoms with Crippen LogP contribution in [0, 0.1) is 6.92 Å². The molecule has 3 aromatic rings. The first-order valence-corrected chi connectivity index (χ1v) is 13.6. The Bertz CT molecular complexity index is 1280. The maximum atomic E-state index is 13.7. The van der Waals surface area contributed by atoms with E-state index in [1.807, 2.05) is 75.4 Å². The number of benzene rings is 3. The zero-order valence-electron chi connectivity index (χ0n) is 20.7. The number of aryl methyl sites for hydroxylation is 1. The van der Waals surface area contributed by atoms with Crippen molar-refractivity contribution in [1.29, 1.82) is 0 Å². The Kier molecular flexibility index (Phi) is 8.51. The highest BCUT2D eigenvalue weighted by Crippen LogP contribution is 2.28. The highest BCUT2D eigenvalue weighted by molar-refractivity contribution is 7.92. The number of likely N-dealkylation sites (N-methyl/N-ethyl adjacent to an activating group) is 1. The largest absolute Gasteiger partial charge is 0.355 e. The molecule has 0 aliphatic rings. The number of sulfonamides is 1. The average molecular weight is 496 g/mol. The number of amides is 2. The van der Waals surface area contributed by atoms with Crippen LogP contribution in [0.2, 0.25) is 0 Å². The summed E-state index contributed by atoms with van der Waals surface area (Å²) in [5, 5.41) is 4.40. The number of anilines is 1. The molecule has 35 heavy (non-hydrogen) atoms. The molecule has 7 nitrogen and oxygen atoms in total. The standard InChI is InChI=1S/C27H33N3O4S/c1-5-24(27(32)28-6-2)29(18-21-16-14-20(3)15-17-21)26(31)19-30(35(4,33)34)25-13-9-11-22-10-7-8-12-23(22)25/h7-17,24H,5-6,18-19H2,1-4H3,(H,28,32)/t24-/m1/s1. The van der Waals surface area contributed by atoms with Crippen LogP contribution in [-0.2, 0) is 26.2 Å². The van der Waals surface area contributed by atoms with Crippen LogP contribution in [0.25, 0.3) is 10.8 Å². The summed E-state index contributed by atoms with van der Waals surface area (Å²) in [6.07, 6.45) is 1.49. The molecule has 186 valence electrons. The molecule has 0 heterocycles. The lowest BCUT2D eigenvalue weighted by molar-refractivity contribution is -0.140. The summed E-state index contributed by atoms with van der Waals surface area (Å²) in [5.41, 5.74) is 2.38. The van der Waals surface area contributed by atoms with Crippen molar-refractivity contribution in [2.45, 2.75) is 39.8 Å². The molecule has 1 atom stereocenters. The van der Waals surface area contributed by atoms with Crippen molar-refractivity contribution >= 4 is 38.3 Å². The molecule has 8 heteroatoms. The van der Waals surface area contributed by atoms with Gasteiger partial charge in [-0.25, -0.2) is 8.42 Å². The van der Waals surface area contributed by atoms with E-state index >= 15 is 0 Å². The van der Waals surface area contributed by atoms with E-state index in [4.69, 9.17) is 0 Å². The van der Waals surface area contributed by atoms with Crippen LogP contribution in [0.1, 0.15) is 31.4 Å². The number of carbonyl (C=O) groups is 2. The molecule has 0 saturated heterocycles. The van der Waals surface area contributed by atoms with Gasteiger partial charge in [0.05, 0.1) is 11.9 Å². The van der Waals surface area contributed by atoms with E-state index < -0.39 is 28.5 Å². The Morgan fingerprint density at radius 2 is 1.60 bits per heavy atom. The quantitative estimate of drug-likeness (QED) is 0.463. The van der Waals surface area contributed by atoms with Gasteiger partial charge in [-0.15, -0.1) is 0 Å². The van der Waals surface area contributed by atoms with Gasteiger partial charge < -0.3 is 10.2 Å². The van der Waals surface area contributed by atoms with Crippen LogP contribution >= 0.6 is 0 Å². The molecule has 0 radical (unpaired) electrons. The summed E-state index contributed by atoms with van der Waals surface area (Å²) in [5.74, 6) is -0.700. The topological polar surface area (TPSA) is 86.8 Å². The maximum absolute atomic E-state index is 13.7. The van der Waals surface area contributed by atoms with Crippen molar-refractivity contribution in [2.24, 2.45) is 0 Å². The van der Waals surface area contributed by atoms with Crippen LogP contribution < -0.4 is 9.62 Å². The predicted molar refractivity (Wildman–Crippen MR) is 141 cm³/mol. The summed E-state index contributed by atoms with van der Waals surface area (Å²) in [7, 11) is -3.79. The fourth-order valence-electron chi connectivity index (χ4n) is 4.12. The number of nitrogens with one attached hydrogen (secondary N) is 1. The number of nitrogens with zero attached hydrogens (tertiary/aromatic N) is 2. The van der Waals surface area contributed by atoms with Gasteiger partial charge in [-0.1, -0.05) is 73.2 Å². The first-order chi connectivity index (χ1) is 16.7. The Labute approximate surface area is 207 Å². The molecule has 1 N–H and O–H groups in total. The second-order valence-corrected chi connectivity index (χ2v) is 10.5. The predicted octanol–water partition coefficient (Wildman–Crippen LogP) is 3.86. The molecule has 0 aliphatic heterocycles. The molecule has 0 aromatic heterocycles. The van der Waals surface area contributed by atoms with Crippen LogP contribution in [0.15, 0.2) is 66.7 Å². The van der Waals surface area contributed by atoms with Crippen molar-refractivity contribution in [3.63, 3.8) is 0 Å². The lowest BCUT2D eigenvalue weighted by Crippen LogP contribution is -2.52. The average Bonchev–Trinajstić information content (AvgIpc) is 2.82. The summed E-state index contributed by atoms with van der Waals surface area (Å²) in [4.78, 5) is 28.1. The second kappa shape index (κ2) is 11.4.